The van der Waals surface area contributed by atoms with Crippen molar-refractivity contribution >= 4 is 29.5 Å². The normalized spacial score (nSPS) is 23.0. The van der Waals surface area contributed by atoms with E-state index in [0.29, 0.717) is 11.3 Å². The first-order valence-electron chi connectivity index (χ1n) is 13.1. The average Bonchev–Trinajstić information content (AvgIpc) is 3.46. The molecule has 0 unspecified atom stereocenters. The summed E-state index contributed by atoms with van der Waals surface area (Å²) in [6.07, 6.45) is 1.72. The van der Waals surface area contributed by atoms with Crippen molar-refractivity contribution in [3.63, 3.8) is 0 Å². The van der Waals surface area contributed by atoms with Gasteiger partial charge in [0, 0.05) is 5.56 Å². The van der Waals surface area contributed by atoms with Crippen molar-refractivity contribution in [2.24, 2.45) is 16.9 Å². The third kappa shape index (κ3) is 3.56. The SMILES string of the molecule is Cc1ccc(N2C(=O)[C@@H]3[C@H](C2=O)[C@@H]2c4ccccc4C=NN2[C@H]3C(=O)c2ccc(-c3ccccc3)cc2)cc1. The van der Waals surface area contributed by atoms with E-state index in [-0.39, 0.29) is 17.6 Å². The number of benzene rings is 4. The van der Waals surface area contributed by atoms with E-state index in [1.165, 1.54) is 4.90 Å². The van der Waals surface area contributed by atoms with Gasteiger partial charge < -0.3 is 0 Å². The van der Waals surface area contributed by atoms with E-state index >= 15 is 0 Å². The fourth-order valence-electron chi connectivity index (χ4n) is 6.25. The fourth-order valence-corrected chi connectivity index (χ4v) is 6.25. The monoisotopic (exact) mass is 511 g/mol. The van der Waals surface area contributed by atoms with Crippen molar-refractivity contribution in [2.75, 3.05) is 4.90 Å². The van der Waals surface area contributed by atoms with E-state index in [1.807, 2.05) is 85.8 Å². The minimum absolute atomic E-state index is 0.212. The van der Waals surface area contributed by atoms with Gasteiger partial charge in [-0.1, -0.05) is 96.6 Å². The molecule has 4 atom stereocenters. The molecule has 2 saturated heterocycles. The molecular weight excluding hydrogens is 486 g/mol. The molecule has 2 amide bonds. The van der Waals surface area contributed by atoms with Gasteiger partial charge in [-0.05, 0) is 41.3 Å². The average molecular weight is 512 g/mol. The summed E-state index contributed by atoms with van der Waals surface area (Å²) >= 11 is 0. The molecule has 0 saturated carbocycles. The van der Waals surface area contributed by atoms with Crippen molar-refractivity contribution in [2.45, 2.75) is 19.0 Å². The Kier molecular flexibility index (Phi) is 5.30. The lowest BCUT2D eigenvalue weighted by Crippen LogP contribution is -2.44. The number of rotatable bonds is 4. The number of hydrogen-bond acceptors (Lipinski definition) is 5. The lowest BCUT2D eigenvalue weighted by atomic mass is 9.83. The topological polar surface area (TPSA) is 70.1 Å². The van der Waals surface area contributed by atoms with E-state index in [0.717, 1.165) is 27.8 Å². The highest BCUT2D eigenvalue weighted by atomic mass is 16.2. The summed E-state index contributed by atoms with van der Waals surface area (Å²) in [4.78, 5) is 43.4. The molecule has 0 aromatic heterocycles. The molecule has 3 aliphatic rings. The van der Waals surface area contributed by atoms with Crippen LogP contribution in [0.1, 0.15) is 33.1 Å². The Hall–Kier alpha value is -4.84. The molecule has 3 heterocycles. The van der Waals surface area contributed by atoms with Crippen LogP contribution in [0.25, 0.3) is 11.1 Å². The maximum Gasteiger partial charge on any atom is 0.240 e. The predicted molar refractivity (Wildman–Crippen MR) is 149 cm³/mol. The minimum atomic E-state index is -0.890. The highest BCUT2D eigenvalue weighted by molar-refractivity contribution is 6.24. The minimum Gasteiger partial charge on any atom is -0.292 e. The summed E-state index contributed by atoms with van der Waals surface area (Å²) in [6, 6.07) is 31.1. The summed E-state index contributed by atoms with van der Waals surface area (Å²) in [7, 11) is 0. The van der Waals surface area contributed by atoms with Crippen molar-refractivity contribution in [1.82, 2.24) is 5.01 Å². The molecule has 0 bridgehead atoms. The van der Waals surface area contributed by atoms with Crippen molar-refractivity contribution in [3.05, 3.63) is 125 Å². The molecule has 6 nitrogen and oxygen atoms in total. The summed E-state index contributed by atoms with van der Waals surface area (Å²) in [5, 5.41) is 6.35. The second-order valence-corrected chi connectivity index (χ2v) is 10.3. The predicted octanol–water partition coefficient (Wildman–Crippen LogP) is 5.42. The maximum atomic E-state index is 14.1. The summed E-state index contributed by atoms with van der Waals surface area (Å²) in [6.45, 7) is 1.96. The molecule has 0 aliphatic carbocycles. The van der Waals surface area contributed by atoms with Crippen molar-refractivity contribution in [1.29, 1.82) is 0 Å². The second kappa shape index (κ2) is 8.88. The Labute approximate surface area is 226 Å². The van der Waals surface area contributed by atoms with Crippen LogP contribution in [-0.4, -0.2) is 34.9 Å². The maximum absolute atomic E-state index is 14.1. The van der Waals surface area contributed by atoms with Gasteiger partial charge in [0.25, 0.3) is 0 Å². The first kappa shape index (κ1) is 23.3. The van der Waals surface area contributed by atoms with Gasteiger partial charge in [0.1, 0.15) is 6.04 Å². The van der Waals surface area contributed by atoms with Crippen LogP contribution in [0.3, 0.4) is 0 Å². The molecule has 0 spiro atoms. The van der Waals surface area contributed by atoms with Crippen LogP contribution in [0.2, 0.25) is 0 Å². The zero-order valence-electron chi connectivity index (χ0n) is 21.3. The number of nitrogens with zero attached hydrogens (tertiary/aromatic N) is 3. The van der Waals surface area contributed by atoms with E-state index in [1.54, 1.807) is 35.5 Å². The van der Waals surface area contributed by atoms with E-state index < -0.39 is 23.9 Å². The molecule has 6 heteroatoms. The van der Waals surface area contributed by atoms with Gasteiger partial charge in [-0.25, -0.2) is 4.90 Å². The number of anilines is 1. The van der Waals surface area contributed by atoms with Crippen LogP contribution < -0.4 is 4.90 Å². The van der Waals surface area contributed by atoms with Crippen LogP contribution in [0.4, 0.5) is 5.69 Å². The van der Waals surface area contributed by atoms with Gasteiger partial charge in [0.15, 0.2) is 5.78 Å². The molecule has 0 N–H and O–H groups in total. The number of hydrogen-bond donors (Lipinski definition) is 0. The third-order valence-corrected chi connectivity index (χ3v) is 8.13. The standard InChI is InChI=1S/C33H25N3O3/c1-20-11-17-25(18-12-20)35-32(38)27-28(33(35)39)30(36-29(27)26-10-6-5-9-24(26)19-34-36)31(37)23-15-13-22(14-16-23)21-7-3-2-4-8-21/h2-19,27-30H,1H3/t27-,28+,29-,30+/m0/s1. The number of amides is 2. The summed E-state index contributed by atoms with van der Waals surface area (Å²) in [5.74, 6) is -2.40. The van der Waals surface area contributed by atoms with Crippen LogP contribution in [-0.2, 0) is 9.59 Å². The number of carbonyl (C=O) groups excluding carboxylic acids is 3. The Balaban J connectivity index is 1.31. The first-order valence-corrected chi connectivity index (χ1v) is 13.1. The van der Waals surface area contributed by atoms with Crippen molar-refractivity contribution in [3.8, 4) is 11.1 Å². The summed E-state index contributed by atoms with van der Waals surface area (Å²) < 4.78 is 0. The number of Topliss-reactive ketones (excluding diaryl/α,β-unsaturated/α-hetero) is 1. The highest BCUT2D eigenvalue weighted by Gasteiger charge is 2.65. The number of imide groups is 1. The van der Waals surface area contributed by atoms with Crippen LogP contribution in [0.5, 0.6) is 0 Å². The van der Waals surface area contributed by atoms with Gasteiger partial charge in [-0.2, -0.15) is 5.10 Å². The van der Waals surface area contributed by atoms with Crippen molar-refractivity contribution < 1.29 is 14.4 Å². The quantitative estimate of drug-likeness (QED) is 0.271. The molecular formula is C33H25N3O3. The third-order valence-electron chi connectivity index (χ3n) is 8.13. The van der Waals surface area contributed by atoms with Gasteiger partial charge >= 0.3 is 0 Å². The molecule has 190 valence electrons. The second-order valence-electron chi connectivity index (χ2n) is 10.3. The van der Waals surface area contributed by atoms with Crippen LogP contribution in [0, 0.1) is 18.8 Å². The molecule has 0 radical (unpaired) electrons. The molecule has 4 aromatic rings. The van der Waals surface area contributed by atoms with Gasteiger partial charge in [0.05, 0.1) is 29.8 Å². The number of fused-ring (bicyclic) bond motifs is 5. The zero-order valence-corrected chi connectivity index (χ0v) is 21.3. The first-order chi connectivity index (χ1) is 19.0. The Morgan fingerprint density at radius 3 is 2.10 bits per heavy atom. The van der Waals surface area contributed by atoms with Gasteiger partial charge in [-0.3, -0.25) is 19.4 Å². The van der Waals surface area contributed by atoms with Gasteiger partial charge in [0.2, 0.25) is 11.8 Å². The van der Waals surface area contributed by atoms with Gasteiger partial charge in [-0.15, -0.1) is 0 Å². The number of hydrazone groups is 1. The van der Waals surface area contributed by atoms with E-state index in [2.05, 4.69) is 5.10 Å². The Morgan fingerprint density at radius 2 is 1.36 bits per heavy atom. The molecule has 3 aliphatic heterocycles. The van der Waals surface area contributed by atoms with E-state index in [9.17, 15) is 14.4 Å². The molecule has 2 fully saturated rings. The number of ketones is 1. The van der Waals surface area contributed by atoms with Crippen LogP contribution >= 0.6 is 0 Å². The Bertz CT molecular complexity index is 1640. The van der Waals surface area contributed by atoms with E-state index in [4.69, 9.17) is 0 Å². The largest absolute Gasteiger partial charge is 0.292 e. The lowest BCUT2D eigenvalue weighted by Gasteiger charge is -2.33. The highest BCUT2D eigenvalue weighted by Crippen LogP contribution is 2.53. The number of carbonyl (C=O) groups is 3. The Morgan fingerprint density at radius 1 is 0.718 bits per heavy atom. The molecule has 4 aromatic carbocycles. The molecule has 7 rings (SSSR count). The summed E-state index contributed by atoms with van der Waals surface area (Å²) in [5.41, 5.74) is 5.91. The lowest BCUT2D eigenvalue weighted by molar-refractivity contribution is -0.124. The zero-order chi connectivity index (χ0) is 26.7. The van der Waals surface area contributed by atoms with Crippen LogP contribution in [0.15, 0.2) is 108 Å². The fraction of sp³-hybridized carbons (Fsp3) is 0.152. The smallest absolute Gasteiger partial charge is 0.240 e. The molecule has 39 heavy (non-hydrogen) atoms. The number of aryl methyl sites for hydroxylation is 1.